The van der Waals surface area contributed by atoms with Crippen molar-refractivity contribution in [3.63, 3.8) is 0 Å². The molecule has 2 amide bonds. The van der Waals surface area contributed by atoms with Crippen LogP contribution in [0.15, 0.2) is 0 Å². The topological polar surface area (TPSA) is 78.4 Å². The molecule has 1 rings (SSSR count). The van der Waals surface area contributed by atoms with Gasteiger partial charge in [-0.25, -0.2) is 4.79 Å². The van der Waals surface area contributed by atoms with Crippen LogP contribution in [0.4, 0.5) is 4.79 Å². The summed E-state index contributed by atoms with van der Waals surface area (Å²) in [5.41, 5.74) is 0.346. The summed E-state index contributed by atoms with van der Waals surface area (Å²) in [6.45, 7) is 3.28. The minimum atomic E-state index is -0.829. The third kappa shape index (κ3) is 4.51. The third-order valence-corrected chi connectivity index (χ3v) is 3.18. The van der Waals surface area contributed by atoms with E-state index in [2.05, 4.69) is 17.6 Å². The molecule has 16 heavy (non-hydrogen) atoms. The van der Waals surface area contributed by atoms with Gasteiger partial charge in [-0.3, -0.25) is 4.79 Å². The predicted octanol–water partition coefficient (Wildman–Crippen LogP) is 1.34. The van der Waals surface area contributed by atoms with Crippen molar-refractivity contribution in [1.82, 2.24) is 10.6 Å². The van der Waals surface area contributed by atoms with E-state index in [1.54, 1.807) is 0 Å². The molecule has 5 heteroatoms. The second kappa shape index (κ2) is 5.72. The summed E-state index contributed by atoms with van der Waals surface area (Å²) in [5.74, 6) is -0.829. The van der Waals surface area contributed by atoms with Gasteiger partial charge in [0.1, 0.15) is 0 Å². The number of hydrogen-bond donors (Lipinski definition) is 3. The number of hydrogen-bond acceptors (Lipinski definition) is 2. The summed E-state index contributed by atoms with van der Waals surface area (Å²) >= 11 is 0. The van der Waals surface area contributed by atoms with Crippen LogP contribution in [0.3, 0.4) is 0 Å². The molecule has 3 N–H and O–H groups in total. The smallest absolute Gasteiger partial charge is 0.314 e. The van der Waals surface area contributed by atoms with E-state index >= 15 is 0 Å². The number of amides is 2. The molecule has 0 aromatic heterocycles. The van der Waals surface area contributed by atoms with Gasteiger partial charge in [-0.05, 0) is 31.1 Å². The number of rotatable bonds is 7. The number of urea groups is 1. The lowest BCUT2D eigenvalue weighted by atomic mass is 10.0. The van der Waals surface area contributed by atoms with E-state index in [0.29, 0.717) is 18.4 Å². The van der Waals surface area contributed by atoms with Gasteiger partial charge in [-0.1, -0.05) is 6.92 Å². The van der Waals surface area contributed by atoms with Crippen LogP contribution >= 0.6 is 0 Å². The van der Waals surface area contributed by atoms with Crippen molar-refractivity contribution < 1.29 is 14.7 Å². The molecule has 0 radical (unpaired) electrons. The van der Waals surface area contributed by atoms with Crippen LogP contribution in [0.2, 0.25) is 0 Å². The summed E-state index contributed by atoms with van der Waals surface area (Å²) in [4.78, 5) is 21.5. The highest BCUT2D eigenvalue weighted by Gasteiger charge is 2.40. The normalized spacial score (nSPS) is 16.6. The first-order valence-electron chi connectivity index (χ1n) is 5.81. The second-order valence-electron chi connectivity index (χ2n) is 4.46. The average Bonchev–Trinajstić information content (AvgIpc) is 3.02. The Bertz CT molecular complexity index is 262. The van der Waals surface area contributed by atoms with Gasteiger partial charge in [0.05, 0.1) is 0 Å². The first kappa shape index (κ1) is 12.8. The zero-order valence-electron chi connectivity index (χ0n) is 9.71. The Morgan fingerprint density at radius 3 is 2.50 bits per heavy atom. The van der Waals surface area contributed by atoms with Gasteiger partial charge >= 0.3 is 12.0 Å². The fourth-order valence-electron chi connectivity index (χ4n) is 1.60. The number of carbonyl (C=O) groups excluding carboxylic acids is 1. The van der Waals surface area contributed by atoms with Gasteiger partial charge in [0.2, 0.25) is 0 Å². The maximum atomic E-state index is 11.3. The van der Waals surface area contributed by atoms with E-state index in [9.17, 15) is 9.59 Å². The third-order valence-electron chi connectivity index (χ3n) is 3.18. The first-order chi connectivity index (χ1) is 7.58. The van der Waals surface area contributed by atoms with E-state index in [1.807, 2.05) is 0 Å². The number of carboxylic acids is 1. The largest absolute Gasteiger partial charge is 0.481 e. The zero-order chi connectivity index (χ0) is 12.0. The summed E-state index contributed by atoms with van der Waals surface area (Å²) in [6, 6.07) is -0.190. The first-order valence-corrected chi connectivity index (χ1v) is 5.81. The number of carboxylic acid groups (broad SMARTS) is 1. The molecule has 92 valence electrons. The highest BCUT2D eigenvalue weighted by atomic mass is 16.4. The Kier molecular flexibility index (Phi) is 4.58. The molecular formula is C11H20N2O3. The molecule has 0 bridgehead atoms. The molecule has 0 heterocycles. The monoisotopic (exact) mass is 228 g/mol. The Balaban J connectivity index is 2.01. The Hall–Kier alpha value is -1.26. The molecule has 1 aliphatic carbocycles. The molecule has 0 aromatic carbocycles. The highest BCUT2D eigenvalue weighted by Crippen LogP contribution is 2.47. The van der Waals surface area contributed by atoms with E-state index in [-0.39, 0.29) is 12.5 Å². The molecule has 1 aliphatic rings. The van der Waals surface area contributed by atoms with Crippen molar-refractivity contribution >= 4 is 12.0 Å². The van der Waals surface area contributed by atoms with Gasteiger partial charge in [0, 0.05) is 19.5 Å². The van der Waals surface area contributed by atoms with Gasteiger partial charge in [-0.15, -0.1) is 0 Å². The minimum Gasteiger partial charge on any atom is -0.481 e. The molecule has 0 aliphatic heterocycles. The van der Waals surface area contributed by atoms with Gasteiger partial charge in [0.25, 0.3) is 0 Å². The molecule has 0 spiro atoms. The molecule has 5 nitrogen and oxygen atoms in total. The minimum absolute atomic E-state index is 0.0964. The van der Waals surface area contributed by atoms with Gasteiger partial charge in [0.15, 0.2) is 0 Å². The maximum Gasteiger partial charge on any atom is 0.314 e. The lowest BCUT2D eigenvalue weighted by molar-refractivity contribution is -0.137. The van der Waals surface area contributed by atoms with Crippen LogP contribution < -0.4 is 10.6 Å². The van der Waals surface area contributed by atoms with Crippen molar-refractivity contribution in [2.24, 2.45) is 5.41 Å². The highest BCUT2D eigenvalue weighted by molar-refractivity contribution is 5.74. The van der Waals surface area contributed by atoms with Crippen molar-refractivity contribution in [3.8, 4) is 0 Å². The van der Waals surface area contributed by atoms with Crippen molar-refractivity contribution in [2.75, 3.05) is 13.1 Å². The number of nitrogens with one attached hydrogen (secondary N) is 2. The molecule has 1 fully saturated rings. The maximum absolute atomic E-state index is 11.3. The van der Waals surface area contributed by atoms with Crippen LogP contribution in [0, 0.1) is 5.41 Å². The SMILES string of the molecule is CCC1(CNC(=O)NCCCC(=O)O)CC1. The lowest BCUT2D eigenvalue weighted by Crippen LogP contribution is -2.39. The van der Waals surface area contributed by atoms with Crippen LogP contribution in [-0.4, -0.2) is 30.2 Å². The molecular weight excluding hydrogens is 208 g/mol. The molecule has 1 saturated carbocycles. The Morgan fingerprint density at radius 1 is 1.31 bits per heavy atom. The van der Waals surface area contributed by atoms with Gasteiger partial charge < -0.3 is 15.7 Å². The predicted molar refractivity (Wildman–Crippen MR) is 60.2 cm³/mol. The van der Waals surface area contributed by atoms with Crippen LogP contribution in [0.25, 0.3) is 0 Å². The summed E-state index contributed by atoms with van der Waals surface area (Å²) in [5, 5.41) is 13.9. The number of carbonyl (C=O) groups is 2. The fourth-order valence-corrected chi connectivity index (χ4v) is 1.60. The van der Waals surface area contributed by atoms with Crippen molar-refractivity contribution in [2.45, 2.75) is 39.0 Å². The fraction of sp³-hybridized carbons (Fsp3) is 0.818. The molecule has 0 saturated heterocycles. The molecule has 0 atom stereocenters. The summed E-state index contributed by atoms with van der Waals surface area (Å²) < 4.78 is 0. The van der Waals surface area contributed by atoms with E-state index in [4.69, 9.17) is 5.11 Å². The average molecular weight is 228 g/mol. The molecule has 0 unspecified atom stereocenters. The summed E-state index contributed by atoms with van der Waals surface area (Å²) in [6.07, 6.45) is 4.07. The number of aliphatic carboxylic acids is 1. The van der Waals surface area contributed by atoms with Crippen molar-refractivity contribution in [1.29, 1.82) is 0 Å². The van der Waals surface area contributed by atoms with Crippen LogP contribution in [0.1, 0.15) is 39.0 Å². The standard InChI is InChI=1S/C11H20N2O3/c1-2-11(5-6-11)8-13-10(16)12-7-3-4-9(14)15/h2-8H2,1H3,(H,14,15)(H2,12,13,16). The zero-order valence-corrected chi connectivity index (χ0v) is 9.71. The van der Waals surface area contributed by atoms with E-state index < -0.39 is 5.97 Å². The van der Waals surface area contributed by atoms with Crippen LogP contribution in [-0.2, 0) is 4.79 Å². The Morgan fingerprint density at radius 2 is 2.00 bits per heavy atom. The van der Waals surface area contributed by atoms with Crippen molar-refractivity contribution in [3.05, 3.63) is 0 Å². The second-order valence-corrected chi connectivity index (χ2v) is 4.46. The Labute approximate surface area is 95.6 Å². The molecule has 0 aromatic rings. The quantitative estimate of drug-likeness (QED) is 0.575. The lowest BCUT2D eigenvalue weighted by Gasteiger charge is -2.13. The summed E-state index contributed by atoms with van der Waals surface area (Å²) in [7, 11) is 0. The van der Waals surface area contributed by atoms with Crippen LogP contribution in [0.5, 0.6) is 0 Å². The van der Waals surface area contributed by atoms with E-state index in [0.717, 1.165) is 13.0 Å². The van der Waals surface area contributed by atoms with E-state index in [1.165, 1.54) is 12.8 Å². The van der Waals surface area contributed by atoms with Gasteiger partial charge in [-0.2, -0.15) is 0 Å².